The van der Waals surface area contributed by atoms with Crippen LogP contribution in [0.2, 0.25) is 0 Å². The fourth-order valence-electron chi connectivity index (χ4n) is 3.55. The number of aromatic nitrogens is 2. The van der Waals surface area contributed by atoms with Crippen molar-refractivity contribution in [2.75, 3.05) is 25.4 Å². The summed E-state index contributed by atoms with van der Waals surface area (Å²) in [5.74, 6) is 0.453. The number of piperidine rings is 1. The molecule has 1 saturated heterocycles. The minimum atomic E-state index is 0.0757. The molecule has 1 saturated carbocycles. The number of nitrogens with zero attached hydrogens (tertiary/aromatic N) is 3. The molecule has 6 nitrogen and oxygen atoms in total. The Bertz CT molecular complexity index is 536. The SMILES string of the molecule is CCCN1CCC(N[C@@H]2CC[C@@H]2NC(=O)CSc2ncccn2)CC1. The Morgan fingerprint density at radius 2 is 1.92 bits per heavy atom. The molecular formula is C18H29N5OS. The maximum Gasteiger partial charge on any atom is 0.230 e. The Morgan fingerprint density at radius 1 is 1.20 bits per heavy atom. The van der Waals surface area contributed by atoms with E-state index >= 15 is 0 Å². The molecule has 2 heterocycles. The highest BCUT2D eigenvalue weighted by atomic mass is 32.2. The summed E-state index contributed by atoms with van der Waals surface area (Å²) in [7, 11) is 0. The number of carbonyl (C=O) groups is 1. The van der Waals surface area contributed by atoms with E-state index in [9.17, 15) is 4.79 Å². The Hall–Kier alpha value is -1.18. The van der Waals surface area contributed by atoms with Crippen molar-refractivity contribution in [3.63, 3.8) is 0 Å². The number of thioether (sulfide) groups is 1. The van der Waals surface area contributed by atoms with Crippen LogP contribution in [-0.2, 0) is 4.79 Å². The van der Waals surface area contributed by atoms with Crippen molar-refractivity contribution in [2.45, 2.75) is 62.3 Å². The summed E-state index contributed by atoms with van der Waals surface area (Å²) < 4.78 is 0. The van der Waals surface area contributed by atoms with E-state index in [1.807, 2.05) is 0 Å². The highest BCUT2D eigenvalue weighted by molar-refractivity contribution is 7.99. The molecule has 1 aromatic rings. The van der Waals surface area contributed by atoms with E-state index in [0.717, 1.165) is 12.8 Å². The third kappa shape index (κ3) is 5.66. The number of carbonyl (C=O) groups excluding carboxylic acids is 1. The van der Waals surface area contributed by atoms with Crippen LogP contribution < -0.4 is 10.6 Å². The molecule has 7 heteroatoms. The number of likely N-dealkylation sites (tertiary alicyclic amines) is 1. The van der Waals surface area contributed by atoms with E-state index in [1.165, 1.54) is 50.7 Å². The lowest BCUT2D eigenvalue weighted by Gasteiger charge is -2.42. The molecule has 2 atom stereocenters. The summed E-state index contributed by atoms with van der Waals surface area (Å²) in [6.45, 7) is 5.86. The van der Waals surface area contributed by atoms with Crippen LogP contribution in [0.25, 0.3) is 0 Å². The first-order chi connectivity index (χ1) is 12.2. The van der Waals surface area contributed by atoms with Crippen LogP contribution in [0.15, 0.2) is 23.6 Å². The molecule has 0 radical (unpaired) electrons. The molecule has 1 aliphatic heterocycles. The van der Waals surface area contributed by atoms with Gasteiger partial charge < -0.3 is 15.5 Å². The van der Waals surface area contributed by atoms with E-state index in [4.69, 9.17) is 0 Å². The molecular weight excluding hydrogens is 334 g/mol. The summed E-state index contributed by atoms with van der Waals surface area (Å²) in [5, 5.41) is 7.59. The molecule has 1 amide bonds. The van der Waals surface area contributed by atoms with Crippen LogP contribution in [0.5, 0.6) is 0 Å². The summed E-state index contributed by atoms with van der Waals surface area (Å²) in [4.78, 5) is 23.0. The van der Waals surface area contributed by atoms with Crippen LogP contribution >= 0.6 is 11.8 Å². The van der Waals surface area contributed by atoms with Gasteiger partial charge in [-0.2, -0.15) is 0 Å². The van der Waals surface area contributed by atoms with E-state index in [0.29, 0.717) is 23.0 Å². The Labute approximate surface area is 154 Å². The fraction of sp³-hybridized carbons (Fsp3) is 0.722. The first-order valence-corrected chi connectivity index (χ1v) is 10.4. The average Bonchev–Trinajstić information content (AvgIpc) is 2.64. The van der Waals surface area contributed by atoms with E-state index in [-0.39, 0.29) is 11.9 Å². The first-order valence-electron chi connectivity index (χ1n) is 9.42. The number of hydrogen-bond acceptors (Lipinski definition) is 6. The van der Waals surface area contributed by atoms with Gasteiger partial charge in [0.25, 0.3) is 0 Å². The van der Waals surface area contributed by atoms with Gasteiger partial charge in [-0.15, -0.1) is 0 Å². The second kappa shape index (κ2) is 9.50. The zero-order valence-corrected chi connectivity index (χ0v) is 15.8. The van der Waals surface area contributed by atoms with Gasteiger partial charge in [-0.3, -0.25) is 4.79 Å². The fourth-order valence-corrected chi connectivity index (χ4v) is 4.17. The summed E-state index contributed by atoms with van der Waals surface area (Å²) in [6.07, 6.45) is 9.31. The summed E-state index contributed by atoms with van der Waals surface area (Å²) in [6, 6.07) is 3.09. The summed E-state index contributed by atoms with van der Waals surface area (Å²) in [5.41, 5.74) is 0. The van der Waals surface area contributed by atoms with Gasteiger partial charge in [-0.05, 0) is 57.8 Å². The zero-order chi connectivity index (χ0) is 17.5. The van der Waals surface area contributed by atoms with Gasteiger partial charge in [-0.1, -0.05) is 18.7 Å². The molecule has 0 aromatic carbocycles. The van der Waals surface area contributed by atoms with Gasteiger partial charge in [0, 0.05) is 30.5 Å². The monoisotopic (exact) mass is 363 g/mol. The number of amides is 1. The molecule has 1 aliphatic carbocycles. The van der Waals surface area contributed by atoms with Crippen molar-refractivity contribution in [3.8, 4) is 0 Å². The molecule has 2 N–H and O–H groups in total. The maximum atomic E-state index is 12.2. The van der Waals surface area contributed by atoms with Gasteiger partial charge in [0.2, 0.25) is 5.91 Å². The van der Waals surface area contributed by atoms with Crippen LogP contribution in [-0.4, -0.2) is 64.3 Å². The molecule has 0 spiro atoms. The molecule has 2 aliphatic rings. The van der Waals surface area contributed by atoms with Crippen molar-refractivity contribution in [3.05, 3.63) is 18.5 Å². The lowest BCUT2D eigenvalue weighted by molar-refractivity contribution is -0.120. The number of nitrogens with one attached hydrogen (secondary N) is 2. The van der Waals surface area contributed by atoms with Crippen molar-refractivity contribution >= 4 is 17.7 Å². The largest absolute Gasteiger partial charge is 0.351 e. The van der Waals surface area contributed by atoms with Crippen LogP contribution in [0.3, 0.4) is 0 Å². The summed E-state index contributed by atoms with van der Waals surface area (Å²) >= 11 is 1.39. The van der Waals surface area contributed by atoms with E-state index in [1.54, 1.807) is 18.5 Å². The van der Waals surface area contributed by atoms with Crippen molar-refractivity contribution in [1.29, 1.82) is 0 Å². The lowest BCUT2D eigenvalue weighted by atomic mass is 9.85. The quantitative estimate of drug-likeness (QED) is 0.541. The van der Waals surface area contributed by atoms with Crippen LogP contribution in [0.1, 0.15) is 39.0 Å². The first kappa shape index (κ1) is 18.6. The second-order valence-corrected chi connectivity index (χ2v) is 7.90. The van der Waals surface area contributed by atoms with Gasteiger partial charge in [0.1, 0.15) is 0 Å². The van der Waals surface area contributed by atoms with Gasteiger partial charge >= 0.3 is 0 Å². The lowest BCUT2D eigenvalue weighted by Crippen LogP contribution is -2.60. The topological polar surface area (TPSA) is 70.2 Å². The predicted octanol–water partition coefficient (Wildman–Crippen LogP) is 1.68. The third-order valence-electron chi connectivity index (χ3n) is 5.07. The van der Waals surface area contributed by atoms with Gasteiger partial charge in [0.05, 0.1) is 5.75 Å². The molecule has 3 rings (SSSR count). The predicted molar refractivity (Wildman–Crippen MR) is 101 cm³/mol. The standard InChI is InChI=1S/C18H29N5OS/c1-2-10-23-11-6-14(7-12-23)21-15-4-5-16(15)22-17(24)13-25-18-19-8-3-9-20-18/h3,8-9,14-16,21H,2,4-7,10-13H2,1H3,(H,22,24)/t15-,16+/m1/s1. The van der Waals surface area contributed by atoms with E-state index in [2.05, 4.69) is 32.4 Å². The molecule has 2 fully saturated rings. The van der Waals surface area contributed by atoms with Crippen molar-refractivity contribution in [2.24, 2.45) is 0 Å². The minimum Gasteiger partial charge on any atom is -0.351 e. The molecule has 25 heavy (non-hydrogen) atoms. The molecule has 138 valence electrons. The van der Waals surface area contributed by atoms with Crippen LogP contribution in [0, 0.1) is 0 Å². The number of hydrogen-bond donors (Lipinski definition) is 2. The smallest absolute Gasteiger partial charge is 0.230 e. The highest BCUT2D eigenvalue weighted by Crippen LogP contribution is 2.23. The number of rotatable bonds is 8. The normalized spacial score (nSPS) is 24.7. The zero-order valence-electron chi connectivity index (χ0n) is 15.0. The molecule has 1 aromatic heterocycles. The Kier molecular flexibility index (Phi) is 7.07. The minimum absolute atomic E-state index is 0.0757. The van der Waals surface area contributed by atoms with Crippen molar-refractivity contribution < 1.29 is 4.79 Å². The van der Waals surface area contributed by atoms with Gasteiger partial charge in [0.15, 0.2) is 5.16 Å². The Balaban J connectivity index is 1.34. The molecule has 0 bridgehead atoms. The highest BCUT2D eigenvalue weighted by Gasteiger charge is 2.34. The Morgan fingerprint density at radius 3 is 2.56 bits per heavy atom. The van der Waals surface area contributed by atoms with Gasteiger partial charge in [-0.25, -0.2) is 9.97 Å². The van der Waals surface area contributed by atoms with Crippen LogP contribution in [0.4, 0.5) is 0 Å². The van der Waals surface area contributed by atoms with E-state index < -0.39 is 0 Å². The van der Waals surface area contributed by atoms with Crippen molar-refractivity contribution in [1.82, 2.24) is 25.5 Å². The molecule has 0 unspecified atom stereocenters. The second-order valence-electron chi connectivity index (χ2n) is 6.96. The maximum absolute atomic E-state index is 12.2. The average molecular weight is 364 g/mol. The third-order valence-corrected chi connectivity index (χ3v) is 5.95.